The van der Waals surface area contributed by atoms with E-state index in [9.17, 15) is 29.7 Å². The fourth-order valence-corrected chi connectivity index (χ4v) is 7.92. The summed E-state index contributed by atoms with van der Waals surface area (Å²) in [5.74, 6) is -2.63. The van der Waals surface area contributed by atoms with Gasteiger partial charge in [-0.1, -0.05) is 6.92 Å². The van der Waals surface area contributed by atoms with E-state index in [0.29, 0.717) is 30.8 Å². The van der Waals surface area contributed by atoms with Crippen LogP contribution in [-0.4, -0.2) is 124 Å². The van der Waals surface area contributed by atoms with Gasteiger partial charge in [0.1, 0.15) is 24.8 Å². The topological polar surface area (TPSA) is 212 Å². The molecule has 15 nitrogen and oxygen atoms in total. The molecule has 3 saturated heterocycles. The van der Waals surface area contributed by atoms with Crippen molar-refractivity contribution in [3.63, 3.8) is 0 Å². The molecule has 7 N–H and O–H groups in total. The molecule has 1 aromatic heterocycles. The number of aliphatic carboxylic acids is 1. The van der Waals surface area contributed by atoms with Gasteiger partial charge in [0.15, 0.2) is 0 Å². The maximum atomic E-state index is 13.1. The highest BCUT2D eigenvalue weighted by Gasteiger charge is 2.60. The fraction of sp³-hybridized carbons (Fsp3) is 0.739. The van der Waals surface area contributed by atoms with Crippen molar-refractivity contribution in [1.29, 1.82) is 0 Å². The lowest BCUT2D eigenvalue weighted by Crippen LogP contribution is -2.66. The van der Waals surface area contributed by atoms with Gasteiger partial charge in [-0.25, -0.2) is 9.48 Å². The second-order valence-corrected chi connectivity index (χ2v) is 12.2. The van der Waals surface area contributed by atoms with E-state index in [1.165, 1.54) is 27.7 Å². The van der Waals surface area contributed by atoms with E-state index >= 15 is 0 Å². The molecule has 9 atom stereocenters. The smallest absolute Gasteiger partial charge is 0.353 e. The Labute approximate surface area is 229 Å². The van der Waals surface area contributed by atoms with E-state index < -0.39 is 24.2 Å². The van der Waals surface area contributed by atoms with Gasteiger partial charge in [-0.05, 0) is 30.2 Å². The molecule has 214 valence electrons. The molecular weight excluding hydrogens is 530 g/mol. The minimum atomic E-state index is -1.16. The van der Waals surface area contributed by atoms with Crippen molar-refractivity contribution in [3.8, 4) is 0 Å². The fourth-order valence-electron chi connectivity index (χ4n) is 6.43. The van der Waals surface area contributed by atoms with Crippen LogP contribution in [0.25, 0.3) is 0 Å². The first kappa shape index (κ1) is 27.9. The van der Waals surface area contributed by atoms with Gasteiger partial charge in [-0.2, -0.15) is 0 Å². The first-order chi connectivity index (χ1) is 18.6. The Morgan fingerprint density at radius 3 is 2.79 bits per heavy atom. The first-order valence-corrected chi connectivity index (χ1v) is 14.0. The van der Waals surface area contributed by atoms with Gasteiger partial charge in [0.25, 0.3) is 0 Å². The van der Waals surface area contributed by atoms with Crippen LogP contribution in [0.15, 0.2) is 16.9 Å². The van der Waals surface area contributed by atoms with Crippen LogP contribution in [-0.2, 0) is 20.9 Å². The SMILES string of the molecule is CC(NC(=O)Cn1cnnn1)C1C(=O)N2C(C(=O)O)=C(SC3CNC(C(O)N4C[C@@H](N)C[C@H]4CO)C3)[C@H](C)C12. The number of β-lactam (4-membered cyclic amide) rings is 1. The van der Waals surface area contributed by atoms with E-state index in [2.05, 4.69) is 26.2 Å². The molecule has 5 rings (SSSR count). The average Bonchev–Trinajstić information content (AvgIpc) is 3.67. The molecule has 0 aliphatic carbocycles. The molecule has 4 aliphatic heterocycles. The number of tetrazole rings is 1. The summed E-state index contributed by atoms with van der Waals surface area (Å²) in [6, 6.07) is -1.44. The lowest BCUT2D eigenvalue weighted by atomic mass is 9.78. The molecule has 1 aromatic rings. The third-order valence-electron chi connectivity index (χ3n) is 8.23. The number of carbonyl (C=O) groups excluding carboxylic acids is 2. The maximum Gasteiger partial charge on any atom is 0.353 e. The number of aliphatic hydroxyl groups is 2. The Kier molecular flexibility index (Phi) is 7.94. The summed E-state index contributed by atoms with van der Waals surface area (Å²) in [5.41, 5.74) is 6.04. The van der Waals surface area contributed by atoms with Crippen molar-refractivity contribution in [2.75, 3.05) is 19.7 Å². The average molecular weight is 566 g/mol. The second kappa shape index (κ2) is 11.1. The normalized spacial score (nSPS) is 34.2. The van der Waals surface area contributed by atoms with E-state index in [0.717, 1.165) is 0 Å². The number of carboxylic acids is 1. The Bertz CT molecular complexity index is 1140. The quantitative estimate of drug-likeness (QED) is 0.158. The van der Waals surface area contributed by atoms with Crippen molar-refractivity contribution in [2.24, 2.45) is 17.6 Å². The molecule has 3 fully saturated rings. The molecule has 6 unspecified atom stereocenters. The number of aromatic nitrogens is 4. The van der Waals surface area contributed by atoms with E-state index in [1.807, 2.05) is 11.8 Å². The summed E-state index contributed by atoms with van der Waals surface area (Å²) in [5, 5.41) is 47.5. The van der Waals surface area contributed by atoms with E-state index in [-0.39, 0.29) is 66.0 Å². The molecule has 0 spiro atoms. The highest BCUT2D eigenvalue weighted by Crippen LogP contribution is 2.52. The Hall–Kier alpha value is -2.63. The number of likely N-dealkylation sites (tertiary alicyclic amines) is 1. The molecule has 16 heteroatoms. The largest absolute Gasteiger partial charge is 0.477 e. The number of fused-ring (bicyclic) bond motifs is 1. The summed E-state index contributed by atoms with van der Waals surface area (Å²) in [7, 11) is 0. The molecule has 0 radical (unpaired) electrons. The number of thioether (sulfide) groups is 1. The number of carboxylic acid groups (broad SMARTS) is 1. The zero-order chi connectivity index (χ0) is 28.0. The Morgan fingerprint density at radius 2 is 2.13 bits per heavy atom. The van der Waals surface area contributed by atoms with Crippen LogP contribution in [0.5, 0.6) is 0 Å². The van der Waals surface area contributed by atoms with Gasteiger partial charge in [-0.3, -0.25) is 14.5 Å². The van der Waals surface area contributed by atoms with Gasteiger partial charge in [0, 0.05) is 53.3 Å². The molecule has 5 heterocycles. The summed E-state index contributed by atoms with van der Waals surface area (Å²) < 4.78 is 1.27. The van der Waals surface area contributed by atoms with Crippen molar-refractivity contribution in [3.05, 3.63) is 16.9 Å². The van der Waals surface area contributed by atoms with Crippen molar-refractivity contribution in [1.82, 2.24) is 40.6 Å². The van der Waals surface area contributed by atoms with Crippen molar-refractivity contribution >= 4 is 29.5 Å². The van der Waals surface area contributed by atoms with Crippen LogP contribution < -0.4 is 16.4 Å². The third kappa shape index (κ3) is 5.16. The number of aliphatic hydroxyl groups excluding tert-OH is 2. The van der Waals surface area contributed by atoms with Gasteiger partial charge >= 0.3 is 5.97 Å². The highest BCUT2D eigenvalue weighted by molar-refractivity contribution is 8.03. The second-order valence-electron chi connectivity index (χ2n) is 10.8. The number of hydrogen-bond donors (Lipinski definition) is 6. The predicted molar refractivity (Wildman–Crippen MR) is 137 cm³/mol. The first-order valence-electron chi connectivity index (χ1n) is 13.1. The van der Waals surface area contributed by atoms with E-state index in [1.54, 1.807) is 6.92 Å². The molecule has 0 saturated carbocycles. The molecular formula is C23H35N9O6S. The number of amides is 2. The summed E-state index contributed by atoms with van der Waals surface area (Å²) in [4.78, 5) is 41.7. The number of nitrogens with one attached hydrogen (secondary N) is 2. The van der Waals surface area contributed by atoms with Crippen LogP contribution in [0.2, 0.25) is 0 Å². The predicted octanol–water partition coefficient (Wildman–Crippen LogP) is -2.87. The van der Waals surface area contributed by atoms with Crippen LogP contribution in [0.4, 0.5) is 0 Å². The van der Waals surface area contributed by atoms with Gasteiger partial charge in [-0.15, -0.1) is 16.9 Å². The molecule has 39 heavy (non-hydrogen) atoms. The summed E-state index contributed by atoms with van der Waals surface area (Å²) in [6.45, 7) is 4.55. The minimum Gasteiger partial charge on any atom is -0.477 e. The lowest BCUT2D eigenvalue weighted by molar-refractivity contribution is -0.158. The standard InChI is InChI=1S/C23H35N9O6S/c1-10-18-17(11(2)27-16(34)7-30-9-26-28-29-30)22(36)32(18)19(23(37)38)20(10)39-14-4-15(25-5-14)21(35)31-6-12(24)3-13(31)8-33/h9-15,17-18,21,25,33,35H,3-8,24H2,1-2H3,(H,27,34)(H,37,38)/t10-,11?,12+,13+,14?,15?,17?,18?,21?/m1/s1. The summed E-state index contributed by atoms with van der Waals surface area (Å²) in [6.07, 6.45) is 1.70. The van der Waals surface area contributed by atoms with Gasteiger partial charge in [0.05, 0.1) is 18.6 Å². The minimum absolute atomic E-state index is 0.000765. The van der Waals surface area contributed by atoms with Crippen LogP contribution in [0, 0.1) is 11.8 Å². The zero-order valence-electron chi connectivity index (χ0n) is 21.8. The van der Waals surface area contributed by atoms with Gasteiger partial charge in [0.2, 0.25) is 11.8 Å². The van der Waals surface area contributed by atoms with Crippen LogP contribution in [0.1, 0.15) is 26.7 Å². The lowest BCUT2D eigenvalue weighted by Gasteiger charge is -2.47. The number of nitrogens with zero attached hydrogens (tertiary/aromatic N) is 6. The molecule has 0 aromatic carbocycles. The highest BCUT2D eigenvalue weighted by atomic mass is 32.2. The van der Waals surface area contributed by atoms with Crippen LogP contribution >= 0.6 is 11.8 Å². The van der Waals surface area contributed by atoms with Crippen molar-refractivity contribution in [2.45, 2.75) is 74.9 Å². The number of hydrogen-bond acceptors (Lipinski definition) is 12. The van der Waals surface area contributed by atoms with Gasteiger partial charge < -0.3 is 36.6 Å². The van der Waals surface area contributed by atoms with E-state index in [4.69, 9.17) is 5.73 Å². The van der Waals surface area contributed by atoms with Crippen molar-refractivity contribution < 1.29 is 29.7 Å². The zero-order valence-corrected chi connectivity index (χ0v) is 22.6. The maximum absolute atomic E-state index is 13.1. The summed E-state index contributed by atoms with van der Waals surface area (Å²) >= 11 is 1.44. The Morgan fingerprint density at radius 1 is 1.36 bits per heavy atom. The molecule has 2 amide bonds. The Balaban J connectivity index is 1.23. The van der Waals surface area contributed by atoms with Crippen LogP contribution in [0.3, 0.4) is 0 Å². The monoisotopic (exact) mass is 565 g/mol. The third-order valence-corrected chi connectivity index (χ3v) is 9.75. The number of nitrogens with two attached hydrogens (primary N) is 1. The molecule has 0 bridgehead atoms. The number of carbonyl (C=O) groups is 3. The number of rotatable bonds is 10. The molecule has 4 aliphatic rings.